The van der Waals surface area contributed by atoms with Crippen molar-refractivity contribution in [1.29, 1.82) is 0 Å². The zero-order valence-electron chi connectivity index (χ0n) is 17.2. The van der Waals surface area contributed by atoms with Gasteiger partial charge in [0, 0.05) is 35.0 Å². The zero-order chi connectivity index (χ0) is 20.5. The number of thioether (sulfide) groups is 1. The first kappa shape index (κ1) is 21.7. The summed E-state index contributed by atoms with van der Waals surface area (Å²) in [4.78, 5) is 18.5. The highest BCUT2D eigenvalue weighted by atomic mass is 32.2. The van der Waals surface area contributed by atoms with Gasteiger partial charge >= 0.3 is 0 Å². The van der Waals surface area contributed by atoms with E-state index in [4.69, 9.17) is 9.13 Å². The molecule has 3 rings (SSSR count). The number of allylic oxidation sites excluding steroid dienone is 1. The summed E-state index contributed by atoms with van der Waals surface area (Å²) in [6, 6.07) is 0. The predicted octanol–water partition coefficient (Wildman–Crippen LogP) is 4.45. The molecule has 0 spiro atoms. The van der Waals surface area contributed by atoms with E-state index in [1.807, 2.05) is 33.0 Å². The van der Waals surface area contributed by atoms with Crippen LogP contribution in [0.2, 0.25) is 0 Å². The van der Waals surface area contributed by atoms with Crippen LogP contribution in [0.1, 0.15) is 50.4 Å². The Morgan fingerprint density at radius 3 is 2.64 bits per heavy atom. The molecule has 1 aromatic rings. The Morgan fingerprint density at radius 2 is 2.04 bits per heavy atom. The molecule has 1 atom stereocenters. The predicted molar refractivity (Wildman–Crippen MR) is 124 cm³/mol. The summed E-state index contributed by atoms with van der Waals surface area (Å²) in [5.74, 6) is 4.17. The summed E-state index contributed by atoms with van der Waals surface area (Å²) < 4.78 is 9.67. The third kappa shape index (κ3) is 4.78. The van der Waals surface area contributed by atoms with Gasteiger partial charge in [-0.05, 0) is 70.1 Å². The highest BCUT2D eigenvalue weighted by Crippen LogP contribution is 2.39. The van der Waals surface area contributed by atoms with Crippen LogP contribution in [-0.2, 0) is 14.9 Å². The van der Waals surface area contributed by atoms with Crippen molar-refractivity contribution in [3.63, 3.8) is 0 Å². The van der Waals surface area contributed by atoms with E-state index in [-0.39, 0.29) is 11.3 Å². The van der Waals surface area contributed by atoms with Crippen LogP contribution in [0.25, 0.3) is 0 Å². The van der Waals surface area contributed by atoms with E-state index in [1.165, 1.54) is 4.88 Å². The van der Waals surface area contributed by atoms with Crippen molar-refractivity contribution in [2.45, 2.75) is 62.9 Å². The van der Waals surface area contributed by atoms with Gasteiger partial charge in [0.15, 0.2) is 0 Å². The molecule has 1 aromatic heterocycles. The molecule has 1 unspecified atom stereocenters. The second-order valence-corrected chi connectivity index (χ2v) is 12.6. The second kappa shape index (κ2) is 8.42. The number of rotatable bonds is 6. The maximum Gasteiger partial charge on any atom is 0.240 e. The summed E-state index contributed by atoms with van der Waals surface area (Å²) >= 11 is 3.42. The molecule has 0 aromatic carbocycles. The maximum absolute atomic E-state index is 13.0. The molecule has 1 fully saturated rings. The summed E-state index contributed by atoms with van der Waals surface area (Å²) in [5, 5.41) is 5.42. The van der Waals surface area contributed by atoms with Gasteiger partial charge in [0.25, 0.3) is 0 Å². The quantitative estimate of drug-likeness (QED) is 0.665. The highest BCUT2D eigenvalue weighted by molar-refractivity contribution is 8.16. The lowest BCUT2D eigenvalue weighted by Crippen LogP contribution is -2.40. The van der Waals surface area contributed by atoms with E-state index in [9.17, 15) is 4.79 Å². The average molecular weight is 440 g/mol. The van der Waals surface area contributed by atoms with Crippen LogP contribution in [0.15, 0.2) is 21.7 Å². The standard InChI is InChI=1S/C20H29N3O2S3/c1-13-21-12-16(26-13)19(2,3)15-11-17(28(6)23-15)22-18(24)20(4,5)27-14-7-9-25-10-8-14/h11-12,14H,6-10H2,1-5H3,(H,22,24). The summed E-state index contributed by atoms with van der Waals surface area (Å²) in [6.07, 6.45) is 5.92. The number of hydrogen-bond acceptors (Lipinski definition) is 6. The normalized spacial score (nSPS) is 21.4. The van der Waals surface area contributed by atoms with Crippen molar-refractivity contribution in [2.75, 3.05) is 13.2 Å². The van der Waals surface area contributed by atoms with Gasteiger partial charge in [-0.25, -0.2) is 9.38 Å². The first-order valence-electron chi connectivity index (χ1n) is 9.44. The highest BCUT2D eigenvalue weighted by Gasteiger charge is 2.35. The van der Waals surface area contributed by atoms with Crippen LogP contribution in [0.3, 0.4) is 0 Å². The monoisotopic (exact) mass is 439 g/mol. The molecular formula is C20H29N3O2S3. The molecule has 1 amide bonds. The van der Waals surface area contributed by atoms with Gasteiger partial charge in [-0.15, -0.1) is 23.1 Å². The Hall–Kier alpha value is -0.960. The number of hydrogen-bond donors (Lipinski definition) is 1. The van der Waals surface area contributed by atoms with Crippen molar-refractivity contribution >= 4 is 51.3 Å². The summed E-state index contributed by atoms with van der Waals surface area (Å²) in [5.41, 5.74) is 0.688. The maximum atomic E-state index is 13.0. The van der Waals surface area contributed by atoms with Gasteiger partial charge in [0.1, 0.15) is 0 Å². The fourth-order valence-electron chi connectivity index (χ4n) is 3.08. The number of carbonyl (C=O) groups excluding carboxylic acids is 1. The fourth-order valence-corrected chi connectivity index (χ4v) is 6.46. The molecule has 28 heavy (non-hydrogen) atoms. The number of nitrogens with one attached hydrogen (secondary N) is 1. The minimum atomic E-state index is -0.594. The minimum absolute atomic E-state index is 0.0132. The third-order valence-corrected chi connectivity index (χ3v) is 8.98. The van der Waals surface area contributed by atoms with Crippen LogP contribution >= 0.6 is 33.8 Å². The Bertz CT molecular complexity index is 834. The average Bonchev–Trinajstić information content (AvgIpc) is 3.22. The Kier molecular flexibility index (Phi) is 6.54. The number of aryl methyl sites for hydroxylation is 1. The molecule has 8 heteroatoms. The molecule has 154 valence electrons. The van der Waals surface area contributed by atoms with Crippen LogP contribution in [0.4, 0.5) is 0 Å². The minimum Gasteiger partial charge on any atom is -0.381 e. The van der Waals surface area contributed by atoms with Crippen molar-refractivity contribution in [3.8, 4) is 0 Å². The number of aromatic nitrogens is 1. The van der Waals surface area contributed by atoms with Gasteiger partial charge in [0.05, 0.1) is 20.5 Å². The fraction of sp³-hybridized carbons (Fsp3) is 0.600. The van der Waals surface area contributed by atoms with Crippen molar-refractivity contribution < 1.29 is 9.53 Å². The molecular weight excluding hydrogens is 410 g/mol. The van der Waals surface area contributed by atoms with Gasteiger partial charge in [-0.3, -0.25) is 4.79 Å². The molecule has 3 heterocycles. The van der Waals surface area contributed by atoms with Crippen LogP contribution in [0, 0.1) is 6.92 Å². The van der Waals surface area contributed by atoms with E-state index in [0.29, 0.717) is 5.25 Å². The number of carbonyl (C=O) groups is 1. The first-order valence-corrected chi connectivity index (χ1v) is 12.5. The van der Waals surface area contributed by atoms with Gasteiger partial charge in [-0.1, -0.05) is 0 Å². The molecule has 0 radical (unpaired) electrons. The van der Waals surface area contributed by atoms with E-state index >= 15 is 0 Å². The molecule has 0 bridgehead atoms. The smallest absolute Gasteiger partial charge is 0.240 e. The van der Waals surface area contributed by atoms with E-state index in [0.717, 1.165) is 41.8 Å². The Morgan fingerprint density at radius 1 is 1.36 bits per heavy atom. The van der Waals surface area contributed by atoms with Gasteiger partial charge in [0.2, 0.25) is 5.91 Å². The molecule has 1 N–H and O–H groups in total. The van der Waals surface area contributed by atoms with Crippen LogP contribution in [0.5, 0.6) is 0 Å². The Balaban J connectivity index is 1.69. The number of amides is 1. The van der Waals surface area contributed by atoms with Crippen LogP contribution in [-0.4, -0.2) is 45.7 Å². The van der Waals surface area contributed by atoms with Gasteiger partial charge in [-0.2, -0.15) is 0 Å². The number of ether oxygens (including phenoxy) is 1. The van der Waals surface area contributed by atoms with E-state index in [1.54, 1.807) is 23.1 Å². The largest absolute Gasteiger partial charge is 0.381 e. The van der Waals surface area contributed by atoms with Gasteiger partial charge < -0.3 is 10.1 Å². The van der Waals surface area contributed by atoms with Crippen LogP contribution < -0.4 is 5.32 Å². The zero-order valence-corrected chi connectivity index (χ0v) is 19.7. The van der Waals surface area contributed by atoms with Crippen molar-refractivity contribution in [1.82, 2.24) is 10.3 Å². The van der Waals surface area contributed by atoms with E-state index < -0.39 is 15.4 Å². The molecule has 5 nitrogen and oxygen atoms in total. The topological polar surface area (TPSA) is 63.6 Å². The van der Waals surface area contributed by atoms with Crippen molar-refractivity contribution in [3.05, 3.63) is 27.2 Å². The second-order valence-electron chi connectivity index (χ2n) is 8.11. The molecule has 2 aliphatic rings. The molecule has 0 saturated carbocycles. The molecule has 1 saturated heterocycles. The number of thiazole rings is 1. The third-order valence-electron chi connectivity index (χ3n) is 5.02. The lowest BCUT2D eigenvalue weighted by molar-refractivity contribution is -0.121. The lowest BCUT2D eigenvalue weighted by Gasteiger charge is -2.30. The lowest BCUT2D eigenvalue weighted by atomic mass is 9.86. The molecule has 2 aliphatic heterocycles. The number of nitrogens with zero attached hydrogens (tertiary/aromatic N) is 2. The summed E-state index contributed by atoms with van der Waals surface area (Å²) in [7, 11) is -0.594. The summed E-state index contributed by atoms with van der Waals surface area (Å²) in [6.45, 7) is 11.8. The Labute approximate surface area is 178 Å². The SMILES string of the molecule is C=S1N=C(C(C)(C)c2cnc(C)s2)C=C1NC(=O)C(C)(C)SC1CCOCC1. The van der Waals surface area contributed by atoms with E-state index in [2.05, 4.69) is 30.0 Å². The molecule has 0 aliphatic carbocycles. The first-order chi connectivity index (χ1) is 13.1. The van der Waals surface area contributed by atoms with Crippen molar-refractivity contribution in [2.24, 2.45) is 4.40 Å².